The highest BCUT2D eigenvalue weighted by molar-refractivity contribution is 7.80. The average Bonchev–Trinajstić information content (AvgIpc) is 2.98. The number of rotatable bonds is 3. The number of benzene rings is 1. The minimum absolute atomic E-state index is 0.114. The van der Waals surface area contributed by atoms with Crippen molar-refractivity contribution in [3.63, 3.8) is 0 Å². The van der Waals surface area contributed by atoms with Crippen LogP contribution in [0.2, 0.25) is 5.02 Å². The third kappa shape index (κ3) is 3.39. The standard InChI is InChI=1S/C17H18ClN3S/c18-14-6-3-7-15(11-14)20-16(22)21-17(8-1-2-9-17)13-5-4-10-19-12-13/h3-7,10-12H,1-2,8-9H2,(H2,20,21,22). The molecule has 1 saturated carbocycles. The molecule has 114 valence electrons. The summed E-state index contributed by atoms with van der Waals surface area (Å²) in [5, 5.41) is 8.04. The zero-order chi connectivity index (χ0) is 15.4. The van der Waals surface area contributed by atoms with E-state index in [9.17, 15) is 0 Å². The Bertz CT molecular complexity index is 654. The van der Waals surface area contributed by atoms with E-state index in [0.717, 1.165) is 18.5 Å². The van der Waals surface area contributed by atoms with Crippen LogP contribution in [0.5, 0.6) is 0 Å². The van der Waals surface area contributed by atoms with Crippen molar-refractivity contribution in [3.8, 4) is 0 Å². The van der Waals surface area contributed by atoms with Gasteiger partial charge < -0.3 is 10.6 Å². The Hall–Kier alpha value is -1.65. The number of thiocarbonyl (C=S) groups is 1. The van der Waals surface area contributed by atoms with Crippen molar-refractivity contribution in [3.05, 3.63) is 59.4 Å². The molecule has 1 aromatic carbocycles. The predicted octanol–water partition coefficient (Wildman–Crippen LogP) is 4.49. The molecule has 0 atom stereocenters. The van der Waals surface area contributed by atoms with Gasteiger partial charge in [-0.1, -0.05) is 36.6 Å². The van der Waals surface area contributed by atoms with Crippen LogP contribution in [0.4, 0.5) is 5.69 Å². The molecule has 0 bridgehead atoms. The van der Waals surface area contributed by atoms with Gasteiger partial charge in [-0.2, -0.15) is 0 Å². The second-order valence-electron chi connectivity index (χ2n) is 5.62. The number of nitrogens with one attached hydrogen (secondary N) is 2. The van der Waals surface area contributed by atoms with Gasteiger partial charge in [-0.3, -0.25) is 4.98 Å². The first-order valence-corrected chi connectivity index (χ1v) is 8.22. The summed E-state index contributed by atoms with van der Waals surface area (Å²) in [5.41, 5.74) is 1.98. The van der Waals surface area contributed by atoms with E-state index < -0.39 is 0 Å². The van der Waals surface area contributed by atoms with E-state index in [4.69, 9.17) is 23.8 Å². The van der Waals surface area contributed by atoms with Crippen molar-refractivity contribution < 1.29 is 0 Å². The molecule has 0 saturated heterocycles. The van der Waals surface area contributed by atoms with E-state index in [1.54, 1.807) is 6.20 Å². The van der Waals surface area contributed by atoms with E-state index >= 15 is 0 Å². The molecule has 1 fully saturated rings. The molecule has 3 rings (SSSR count). The van der Waals surface area contributed by atoms with Crippen LogP contribution in [0.25, 0.3) is 0 Å². The molecule has 0 aliphatic heterocycles. The highest BCUT2D eigenvalue weighted by atomic mass is 35.5. The molecule has 0 unspecified atom stereocenters. The van der Waals surface area contributed by atoms with Crippen molar-refractivity contribution in [1.29, 1.82) is 0 Å². The van der Waals surface area contributed by atoms with E-state index in [-0.39, 0.29) is 5.54 Å². The quantitative estimate of drug-likeness (QED) is 0.812. The molecule has 0 amide bonds. The van der Waals surface area contributed by atoms with Crippen LogP contribution in [0.15, 0.2) is 48.8 Å². The summed E-state index contributed by atoms with van der Waals surface area (Å²) in [6.45, 7) is 0. The summed E-state index contributed by atoms with van der Waals surface area (Å²) in [7, 11) is 0. The summed E-state index contributed by atoms with van der Waals surface area (Å²) in [4.78, 5) is 4.26. The van der Waals surface area contributed by atoms with Crippen LogP contribution in [0, 0.1) is 0 Å². The zero-order valence-corrected chi connectivity index (χ0v) is 13.8. The first-order chi connectivity index (χ1) is 10.7. The minimum Gasteiger partial charge on any atom is -0.353 e. The van der Waals surface area contributed by atoms with E-state index in [0.29, 0.717) is 10.1 Å². The largest absolute Gasteiger partial charge is 0.353 e. The Kier molecular flexibility index (Phi) is 4.60. The molecule has 0 radical (unpaired) electrons. The lowest BCUT2D eigenvalue weighted by Crippen LogP contribution is -2.45. The highest BCUT2D eigenvalue weighted by Crippen LogP contribution is 2.38. The van der Waals surface area contributed by atoms with Gasteiger partial charge in [0.15, 0.2) is 5.11 Å². The van der Waals surface area contributed by atoms with Gasteiger partial charge >= 0.3 is 0 Å². The molecule has 1 aliphatic rings. The lowest BCUT2D eigenvalue weighted by atomic mass is 9.89. The maximum absolute atomic E-state index is 6.01. The SMILES string of the molecule is S=C(Nc1cccc(Cl)c1)NC1(c2cccnc2)CCCC1. The van der Waals surface area contributed by atoms with Gasteiger partial charge in [-0.15, -0.1) is 0 Å². The van der Waals surface area contributed by atoms with Crippen LogP contribution in [0.3, 0.4) is 0 Å². The maximum atomic E-state index is 6.01. The fourth-order valence-electron chi connectivity index (χ4n) is 3.06. The van der Waals surface area contributed by atoms with Crippen LogP contribution < -0.4 is 10.6 Å². The van der Waals surface area contributed by atoms with Crippen molar-refractivity contribution in [2.75, 3.05) is 5.32 Å². The average molecular weight is 332 g/mol. The van der Waals surface area contributed by atoms with Crippen LogP contribution in [-0.4, -0.2) is 10.1 Å². The zero-order valence-electron chi connectivity index (χ0n) is 12.2. The van der Waals surface area contributed by atoms with E-state index in [1.807, 2.05) is 36.5 Å². The second-order valence-corrected chi connectivity index (χ2v) is 6.47. The van der Waals surface area contributed by atoms with Crippen LogP contribution in [0.1, 0.15) is 31.2 Å². The third-order valence-corrected chi connectivity index (χ3v) is 4.55. The summed E-state index contributed by atoms with van der Waals surface area (Å²) in [5.74, 6) is 0. The number of halogens is 1. The number of anilines is 1. The Balaban J connectivity index is 1.76. The molecule has 2 N–H and O–H groups in total. The second kappa shape index (κ2) is 6.63. The summed E-state index contributed by atoms with van der Waals surface area (Å²) >= 11 is 11.5. The number of aromatic nitrogens is 1. The predicted molar refractivity (Wildman–Crippen MR) is 95.2 cm³/mol. The molecular weight excluding hydrogens is 314 g/mol. The Morgan fingerprint density at radius 3 is 2.68 bits per heavy atom. The van der Waals surface area contributed by atoms with Crippen LogP contribution in [-0.2, 0) is 5.54 Å². The maximum Gasteiger partial charge on any atom is 0.171 e. The normalized spacial score (nSPS) is 16.2. The van der Waals surface area contributed by atoms with Gasteiger partial charge in [0, 0.05) is 23.1 Å². The summed E-state index contributed by atoms with van der Waals surface area (Å²) in [6.07, 6.45) is 8.25. The third-order valence-electron chi connectivity index (χ3n) is 4.11. The molecule has 0 spiro atoms. The molecular formula is C17H18ClN3S. The molecule has 1 heterocycles. The fraction of sp³-hybridized carbons (Fsp3) is 0.294. The minimum atomic E-state index is -0.114. The summed E-state index contributed by atoms with van der Waals surface area (Å²) in [6, 6.07) is 11.7. The van der Waals surface area contributed by atoms with Crippen molar-refractivity contribution >= 4 is 34.6 Å². The first kappa shape index (κ1) is 15.3. The van der Waals surface area contributed by atoms with E-state index in [1.165, 1.54) is 18.4 Å². The van der Waals surface area contributed by atoms with Crippen molar-refractivity contribution in [2.45, 2.75) is 31.2 Å². The molecule has 3 nitrogen and oxygen atoms in total. The summed E-state index contributed by atoms with van der Waals surface area (Å²) < 4.78 is 0. The van der Waals surface area contributed by atoms with Crippen molar-refractivity contribution in [2.24, 2.45) is 0 Å². The van der Waals surface area contributed by atoms with Gasteiger partial charge in [0.25, 0.3) is 0 Å². The van der Waals surface area contributed by atoms with Crippen LogP contribution >= 0.6 is 23.8 Å². The highest BCUT2D eigenvalue weighted by Gasteiger charge is 2.36. The van der Waals surface area contributed by atoms with Gasteiger partial charge in [0.1, 0.15) is 0 Å². The van der Waals surface area contributed by atoms with Gasteiger partial charge in [0.05, 0.1) is 5.54 Å². The smallest absolute Gasteiger partial charge is 0.171 e. The molecule has 1 aliphatic carbocycles. The topological polar surface area (TPSA) is 37.0 Å². The molecule has 5 heteroatoms. The lowest BCUT2D eigenvalue weighted by Gasteiger charge is -2.32. The van der Waals surface area contributed by atoms with Crippen molar-refractivity contribution in [1.82, 2.24) is 10.3 Å². The first-order valence-electron chi connectivity index (χ1n) is 7.43. The Morgan fingerprint density at radius 2 is 2.00 bits per heavy atom. The fourth-order valence-corrected chi connectivity index (χ4v) is 3.56. The number of nitrogens with zero attached hydrogens (tertiary/aromatic N) is 1. The van der Waals surface area contributed by atoms with Gasteiger partial charge in [-0.25, -0.2) is 0 Å². The van der Waals surface area contributed by atoms with E-state index in [2.05, 4.69) is 21.7 Å². The van der Waals surface area contributed by atoms with Gasteiger partial charge in [0.2, 0.25) is 0 Å². The number of pyridine rings is 1. The molecule has 22 heavy (non-hydrogen) atoms. The number of hydrogen-bond acceptors (Lipinski definition) is 2. The monoisotopic (exact) mass is 331 g/mol. The Labute approximate surface area is 141 Å². The van der Waals surface area contributed by atoms with Gasteiger partial charge in [-0.05, 0) is 54.9 Å². The molecule has 2 aromatic rings. The lowest BCUT2D eigenvalue weighted by molar-refractivity contribution is 0.407. The molecule has 1 aromatic heterocycles. The Morgan fingerprint density at radius 1 is 1.18 bits per heavy atom. The number of hydrogen-bond donors (Lipinski definition) is 2.